The molecule has 0 spiro atoms. The Morgan fingerprint density at radius 2 is 0.641 bits per heavy atom. The molecule has 0 aromatic heterocycles. The van der Waals surface area contributed by atoms with Crippen LogP contribution < -0.4 is 5.32 Å². The Morgan fingerprint density at radius 1 is 0.359 bits per heavy atom. The van der Waals surface area contributed by atoms with Crippen LogP contribution in [-0.4, -0.2) is 47.4 Å². The Kier molecular flexibility index (Phi) is 66.4. The molecule has 0 aromatic rings. The van der Waals surface area contributed by atoms with Gasteiger partial charge in [0.1, 0.15) is 0 Å². The molecule has 0 aliphatic heterocycles. The van der Waals surface area contributed by atoms with E-state index in [2.05, 4.69) is 43.5 Å². The molecule has 6 nitrogen and oxygen atoms in total. The lowest BCUT2D eigenvalue weighted by molar-refractivity contribution is -0.143. The van der Waals surface area contributed by atoms with E-state index in [-0.39, 0.29) is 18.5 Å². The molecule has 2 unspecified atom stereocenters. The number of unbranched alkanes of at least 4 members (excludes halogenated alkanes) is 52. The topological polar surface area (TPSA) is 95.9 Å². The van der Waals surface area contributed by atoms with E-state index < -0.39 is 12.1 Å². The lowest BCUT2D eigenvalue weighted by Gasteiger charge is -2.22. The van der Waals surface area contributed by atoms with Crippen molar-refractivity contribution in [2.75, 3.05) is 13.2 Å². The van der Waals surface area contributed by atoms with Crippen LogP contribution in [0.1, 0.15) is 399 Å². The maximum absolute atomic E-state index is 12.6. The molecular formula is C72H139NO5. The number of hydrogen-bond acceptors (Lipinski definition) is 5. The molecule has 1 amide bonds. The first-order chi connectivity index (χ1) is 38.5. The van der Waals surface area contributed by atoms with Crippen molar-refractivity contribution < 1.29 is 24.5 Å². The van der Waals surface area contributed by atoms with Crippen LogP contribution in [0.5, 0.6) is 0 Å². The third-order valence-corrected chi connectivity index (χ3v) is 16.8. The highest BCUT2D eigenvalue weighted by Crippen LogP contribution is 2.19. The summed E-state index contributed by atoms with van der Waals surface area (Å²) < 4.78 is 5.47. The van der Waals surface area contributed by atoms with Crippen LogP contribution in [0.3, 0.4) is 0 Å². The van der Waals surface area contributed by atoms with Crippen molar-refractivity contribution in [3.8, 4) is 0 Å². The van der Waals surface area contributed by atoms with Crippen LogP contribution in [0.2, 0.25) is 0 Å². The van der Waals surface area contributed by atoms with Gasteiger partial charge in [0.15, 0.2) is 0 Å². The molecule has 0 aromatic carbocycles. The zero-order valence-corrected chi connectivity index (χ0v) is 52.9. The fourth-order valence-electron chi connectivity index (χ4n) is 11.3. The number of carbonyl (C=O) groups is 2. The fourth-order valence-corrected chi connectivity index (χ4v) is 11.3. The second-order valence-electron chi connectivity index (χ2n) is 24.6. The van der Waals surface area contributed by atoms with Crippen molar-refractivity contribution in [2.45, 2.75) is 411 Å². The molecule has 0 aliphatic carbocycles. The van der Waals surface area contributed by atoms with Crippen LogP contribution in [0.15, 0.2) is 24.3 Å². The quantitative estimate of drug-likeness (QED) is 0.0320. The van der Waals surface area contributed by atoms with Crippen LogP contribution >= 0.6 is 0 Å². The first kappa shape index (κ1) is 76.3. The van der Waals surface area contributed by atoms with E-state index in [4.69, 9.17) is 4.74 Å². The second kappa shape index (κ2) is 67.8. The maximum atomic E-state index is 12.6. The van der Waals surface area contributed by atoms with E-state index in [0.29, 0.717) is 25.9 Å². The molecule has 6 heteroatoms. The third-order valence-electron chi connectivity index (χ3n) is 16.8. The van der Waals surface area contributed by atoms with Gasteiger partial charge >= 0.3 is 5.97 Å². The van der Waals surface area contributed by atoms with Crippen molar-refractivity contribution in [3.05, 3.63) is 24.3 Å². The van der Waals surface area contributed by atoms with Crippen molar-refractivity contribution in [1.29, 1.82) is 0 Å². The van der Waals surface area contributed by atoms with E-state index in [1.165, 1.54) is 321 Å². The summed E-state index contributed by atoms with van der Waals surface area (Å²) in [6.45, 7) is 4.98. The van der Waals surface area contributed by atoms with Gasteiger partial charge in [-0.2, -0.15) is 0 Å². The second-order valence-corrected chi connectivity index (χ2v) is 24.6. The highest BCUT2D eigenvalue weighted by atomic mass is 16.5. The van der Waals surface area contributed by atoms with Gasteiger partial charge in [0, 0.05) is 12.8 Å². The first-order valence-corrected chi connectivity index (χ1v) is 35.6. The Morgan fingerprint density at radius 3 is 0.974 bits per heavy atom. The van der Waals surface area contributed by atoms with Crippen LogP contribution in [0.4, 0.5) is 0 Å². The zero-order chi connectivity index (χ0) is 56.4. The fraction of sp³-hybridized carbons (Fsp3) is 0.917. The van der Waals surface area contributed by atoms with Crippen molar-refractivity contribution >= 4 is 11.9 Å². The van der Waals surface area contributed by atoms with Gasteiger partial charge in [-0.3, -0.25) is 9.59 Å². The minimum atomic E-state index is -0.668. The number of ether oxygens (including phenoxy) is 1. The lowest BCUT2D eigenvalue weighted by Crippen LogP contribution is -2.45. The molecule has 0 saturated heterocycles. The molecule has 0 radical (unpaired) electrons. The Hall–Kier alpha value is -1.66. The normalized spacial score (nSPS) is 12.6. The van der Waals surface area contributed by atoms with Crippen LogP contribution in [0, 0.1) is 0 Å². The van der Waals surface area contributed by atoms with Gasteiger partial charge in [0.2, 0.25) is 5.91 Å². The number of nitrogens with one attached hydrogen (secondary N) is 1. The third kappa shape index (κ3) is 63.5. The summed E-state index contributed by atoms with van der Waals surface area (Å²) in [5.74, 6) is -0.0223. The van der Waals surface area contributed by atoms with Crippen molar-refractivity contribution in [2.24, 2.45) is 0 Å². The molecule has 462 valence electrons. The Labute approximate surface area is 488 Å². The van der Waals surface area contributed by atoms with Gasteiger partial charge in [-0.15, -0.1) is 0 Å². The molecule has 0 bridgehead atoms. The summed E-state index contributed by atoms with van der Waals surface area (Å²) in [5, 5.41) is 23.4. The number of allylic oxidation sites excluding steroid dienone is 4. The first-order valence-electron chi connectivity index (χ1n) is 35.6. The summed E-state index contributed by atoms with van der Waals surface area (Å²) >= 11 is 0. The molecule has 0 heterocycles. The van der Waals surface area contributed by atoms with E-state index >= 15 is 0 Å². The van der Waals surface area contributed by atoms with Crippen LogP contribution in [0.25, 0.3) is 0 Å². The number of esters is 1. The van der Waals surface area contributed by atoms with Gasteiger partial charge < -0.3 is 20.3 Å². The van der Waals surface area contributed by atoms with Crippen molar-refractivity contribution in [1.82, 2.24) is 5.32 Å². The van der Waals surface area contributed by atoms with E-state index in [0.717, 1.165) is 44.9 Å². The molecule has 78 heavy (non-hydrogen) atoms. The van der Waals surface area contributed by atoms with Crippen molar-refractivity contribution in [3.63, 3.8) is 0 Å². The highest BCUT2D eigenvalue weighted by molar-refractivity contribution is 5.76. The number of aliphatic hydroxyl groups is 2. The smallest absolute Gasteiger partial charge is 0.305 e. The van der Waals surface area contributed by atoms with E-state index in [1.807, 2.05) is 0 Å². The van der Waals surface area contributed by atoms with Gasteiger partial charge in [-0.1, -0.05) is 353 Å². The molecule has 0 rings (SSSR count). The van der Waals surface area contributed by atoms with Crippen LogP contribution in [-0.2, 0) is 14.3 Å². The molecule has 0 saturated carbocycles. The van der Waals surface area contributed by atoms with Gasteiger partial charge in [0.25, 0.3) is 0 Å². The molecule has 0 aliphatic rings. The SMILES string of the molecule is CCCCCCCCCCCCCCCCCCCCCCCCCC(O)C(CO)NC(=O)CCCCCCCCCCCCC/C=C\C/C=C\CCCCCCCCCCCOC(=O)CCCCCCCCCCCCC. The summed E-state index contributed by atoms with van der Waals surface area (Å²) in [6, 6.07) is -0.545. The standard InChI is InChI=1S/C72H139NO5/c1-3-5-7-9-11-13-15-16-17-18-19-20-26-29-32-35-38-41-45-48-52-56-60-64-70(75)69(68-74)73-71(76)65-61-57-53-49-46-42-39-36-33-30-27-24-22-21-23-25-28-31-34-37-40-43-47-51-55-59-63-67-78-72(77)66-62-58-54-50-44-14-12-10-8-6-4-2/h21-22,25,28,69-70,74-75H,3-20,23-24,26-27,29-68H2,1-2H3,(H,73,76)/b22-21-,28-25-. The minimum absolute atomic E-state index is 0.0111. The van der Waals surface area contributed by atoms with Gasteiger partial charge in [0.05, 0.1) is 25.4 Å². The number of amides is 1. The van der Waals surface area contributed by atoms with Gasteiger partial charge in [-0.25, -0.2) is 0 Å². The summed E-state index contributed by atoms with van der Waals surface area (Å²) in [4.78, 5) is 24.6. The largest absolute Gasteiger partial charge is 0.466 e. The average molecular weight is 1100 g/mol. The lowest BCUT2D eigenvalue weighted by atomic mass is 10.0. The number of carbonyl (C=O) groups excluding carboxylic acids is 2. The Bertz CT molecular complexity index is 1220. The van der Waals surface area contributed by atoms with E-state index in [9.17, 15) is 19.8 Å². The number of hydrogen-bond donors (Lipinski definition) is 3. The van der Waals surface area contributed by atoms with Gasteiger partial charge in [-0.05, 0) is 57.8 Å². The summed E-state index contributed by atoms with van der Waals surface area (Å²) in [7, 11) is 0. The summed E-state index contributed by atoms with van der Waals surface area (Å²) in [6.07, 6.45) is 85.1. The average Bonchev–Trinajstić information content (AvgIpc) is 3.44. The molecular weight excluding hydrogens is 959 g/mol. The minimum Gasteiger partial charge on any atom is -0.466 e. The monoisotopic (exact) mass is 1100 g/mol. The Balaban J connectivity index is 3.42. The number of aliphatic hydroxyl groups excluding tert-OH is 2. The predicted molar refractivity (Wildman–Crippen MR) is 343 cm³/mol. The van der Waals surface area contributed by atoms with E-state index in [1.54, 1.807) is 0 Å². The molecule has 3 N–H and O–H groups in total. The molecule has 0 fully saturated rings. The zero-order valence-electron chi connectivity index (χ0n) is 52.9. The number of rotatable bonds is 67. The molecule has 2 atom stereocenters. The summed E-state index contributed by atoms with van der Waals surface area (Å²) in [5.41, 5.74) is 0. The highest BCUT2D eigenvalue weighted by Gasteiger charge is 2.20. The maximum Gasteiger partial charge on any atom is 0.305 e. The predicted octanol–water partition coefficient (Wildman–Crippen LogP) is 22.9.